The molecule has 0 aromatic rings. The highest BCUT2D eigenvalue weighted by molar-refractivity contribution is 4.77. The van der Waals surface area contributed by atoms with Crippen molar-refractivity contribution in [1.82, 2.24) is 5.48 Å². The van der Waals surface area contributed by atoms with E-state index in [4.69, 9.17) is 9.57 Å². The van der Waals surface area contributed by atoms with Gasteiger partial charge in [0, 0.05) is 13.2 Å². The van der Waals surface area contributed by atoms with Crippen molar-refractivity contribution >= 4 is 0 Å². The van der Waals surface area contributed by atoms with Crippen LogP contribution in [0, 0.1) is 11.8 Å². The van der Waals surface area contributed by atoms with Crippen molar-refractivity contribution in [3.8, 4) is 0 Å². The number of nitrogens with one attached hydrogen (secondary N) is 1. The summed E-state index contributed by atoms with van der Waals surface area (Å²) in [6.07, 6.45) is 5.21. The zero-order valence-corrected chi connectivity index (χ0v) is 10.3. The van der Waals surface area contributed by atoms with Gasteiger partial charge in [-0.2, -0.15) is 5.48 Å². The number of methoxy groups -OCH3 is 1. The lowest BCUT2D eigenvalue weighted by atomic mass is 9.79. The number of hydrogen-bond acceptors (Lipinski definition) is 3. The summed E-state index contributed by atoms with van der Waals surface area (Å²) in [4.78, 5) is 5.37. The van der Waals surface area contributed by atoms with Gasteiger partial charge in [0.25, 0.3) is 0 Å². The van der Waals surface area contributed by atoms with Gasteiger partial charge in [0.05, 0.1) is 13.2 Å². The standard InChI is InChI=1S/C12H25NO2/c1-10(2)11-5-4-6-12(9-11)13-15-8-7-14-3/h10-13H,4-9H2,1-3H3. The van der Waals surface area contributed by atoms with Crippen LogP contribution in [0.4, 0.5) is 0 Å². The normalized spacial score (nSPS) is 27.2. The van der Waals surface area contributed by atoms with Gasteiger partial charge < -0.3 is 4.74 Å². The van der Waals surface area contributed by atoms with Crippen LogP contribution in [0.15, 0.2) is 0 Å². The average Bonchev–Trinajstić information content (AvgIpc) is 2.25. The predicted molar refractivity (Wildman–Crippen MR) is 61.5 cm³/mol. The zero-order chi connectivity index (χ0) is 11.1. The summed E-state index contributed by atoms with van der Waals surface area (Å²) in [5, 5.41) is 0. The van der Waals surface area contributed by atoms with Crippen LogP contribution in [-0.2, 0) is 9.57 Å². The van der Waals surface area contributed by atoms with Crippen LogP contribution in [0.1, 0.15) is 39.5 Å². The van der Waals surface area contributed by atoms with Gasteiger partial charge in [-0.1, -0.05) is 26.7 Å². The van der Waals surface area contributed by atoms with E-state index in [0.717, 1.165) is 11.8 Å². The van der Waals surface area contributed by atoms with Crippen molar-refractivity contribution in [1.29, 1.82) is 0 Å². The van der Waals surface area contributed by atoms with E-state index in [1.54, 1.807) is 7.11 Å². The van der Waals surface area contributed by atoms with E-state index in [9.17, 15) is 0 Å². The molecule has 0 aliphatic heterocycles. The Kier molecular flexibility index (Phi) is 6.22. The fraction of sp³-hybridized carbons (Fsp3) is 1.00. The minimum atomic E-state index is 0.544. The summed E-state index contributed by atoms with van der Waals surface area (Å²) >= 11 is 0. The third kappa shape index (κ3) is 4.96. The second-order valence-electron chi connectivity index (χ2n) is 4.83. The molecule has 1 rings (SSSR count). The van der Waals surface area contributed by atoms with Crippen LogP contribution in [-0.4, -0.2) is 26.4 Å². The molecule has 3 nitrogen and oxygen atoms in total. The highest BCUT2D eigenvalue weighted by Crippen LogP contribution is 2.29. The molecule has 0 spiro atoms. The lowest BCUT2D eigenvalue weighted by molar-refractivity contribution is -0.0242. The SMILES string of the molecule is COCCONC1CCCC(C(C)C)C1. The van der Waals surface area contributed by atoms with E-state index in [1.165, 1.54) is 25.7 Å². The van der Waals surface area contributed by atoms with E-state index in [0.29, 0.717) is 19.3 Å². The van der Waals surface area contributed by atoms with Crippen molar-refractivity contribution in [3.63, 3.8) is 0 Å². The lowest BCUT2D eigenvalue weighted by Gasteiger charge is -2.31. The summed E-state index contributed by atoms with van der Waals surface area (Å²) in [7, 11) is 1.69. The maximum atomic E-state index is 5.37. The van der Waals surface area contributed by atoms with Crippen LogP contribution >= 0.6 is 0 Å². The van der Waals surface area contributed by atoms with Gasteiger partial charge in [0.2, 0.25) is 0 Å². The fourth-order valence-corrected chi connectivity index (χ4v) is 2.24. The molecule has 0 saturated heterocycles. The van der Waals surface area contributed by atoms with E-state index < -0.39 is 0 Å². The summed E-state index contributed by atoms with van der Waals surface area (Å²) in [5.41, 5.74) is 3.16. The number of ether oxygens (including phenoxy) is 1. The molecule has 1 aliphatic carbocycles. The van der Waals surface area contributed by atoms with E-state index in [1.807, 2.05) is 0 Å². The van der Waals surface area contributed by atoms with Crippen LogP contribution < -0.4 is 5.48 Å². The monoisotopic (exact) mass is 215 g/mol. The van der Waals surface area contributed by atoms with E-state index in [-0.39, 0.29) is 0 Å². The summed E-state index contributed by atoms with van der Waals surface area (Å²) in [6.45, 7) is 5.93. The van der Waals surface area contributed by atoms with Crippen molar-refractivity contribution in [2.24, 2.45) is 11.8 Å². The molecule has 0 bridgehead atoms. The first-order chi connectivity index (χ1) is 7.24. The van der Waals surface area contributed by atoms with Gasteiger partial charge >= 0.3 is 0 Å². The Labute approximate surface area is 93.5 Å². The van der Waals surface area contributed by atoms with Crippen molar-refractivity contribution in [2.75, 3.05) is 20.3 Å². The van der Waals surface area contributed by atoms with Gasteiger partial charge in [-0.25, -0.2) is 0 Å². The molecule has 0 radical (unpaired) electrons. The minimum absolute atomic E-state index is 0.544. The first kappa shape index (κ1) is 12.9. The van der Waals surface area contributed by atoms with Gasteiger partial charge in [-0.05, 0) is 24.7 Å². The largest absolute Gasteiger partial charge is 0.382 e. The predicted octanol–water partition coefficient (Wildman–Crippen LogP) is 2.37. The number of hydrogen-bond donors (Lipinski definition) is 1. The molecule has 1 saturated carbocycles. The third-order valence-corrected chi connectivity index (χ3v) is 3.30. The topological polar surface area (TPSA) is 30.5 Å². The van der Waals surface area contributed by atoms with E-state index in [2.05, 4.69) is 19.3 Å². The maximum Gasteiger partial charge on any atom is 0.0915 e. The molecule has 2 unspecified atom stereocenters. The fourth-order valence-electron chi connectivity index (χ4n) is 2.24. The summed E-state index contributed by atoms with van der Waals surface area (Å²) in [6, 6.07) is 0.544. The smallest absolute Gasteiger partial charge is 0.0915 e. The lowest BCUT2D eigenvalue weighted by Crippen LogP contribution is -2.36. The molecule has 90 valence electrons. The molecular formula is C12H25NO2. The van der Waals surface area contributed by atoms with Crippen molar-refractivity contribution < 1.29 is 9.57 Å². The molecular weight excluding hydrogens is 190 g/mol. The van der Waals surface area contributed by atoms with Crippen molar-refractivity contribution in [3.05, 3.63) is 0 Å². The molecule has 1 aliphatic rings. The minimum Gasteiger partial charge on any atom is -0.382 e. The molecule has 0 amide bonds. The van der Waals surface area contributed by atoms with Gasteiger partial charge in [0.1, 0.15) is 0 Å². The second kappa shape index (κ2) is 7.20. The van der Waals surface area contributed by atoms with Gasteiger partial charge in [0.15, 0.2) is 0 Å². The Morgan fingerprint density at radius 2 is 2.07 bits per heavy atom. The quantitative estimate of drug-likeness (QED) is 0.545. The van der Waals surface area contributed by atoms with Crippen LogP contribution in [0.25, 0.3) is 0 Å². The van der Waals surface area contributed by atoms with E-state index >= 15 is 0 Å². The molecule has 0 aromatic heterocycles. The third-order valence-electron chi connectivity index (χ3n) is 3.30. The second-order valence-corrected chi connectivity index (χ2v) is 4.83. The van der Waals surface area contributed by atoms with Gasteiger partial charge in [-0.15, -0.1) is 0 Å². The number of rotatable bonds is 6. The Morgan fingerprint density at radius 3 is 2.73 bits per heavy atom. The molecule has 2 atom stereocenters. The maximum absolute atomic E-state index is 5.37. The molecule has 1 N–H and O–H groups in total. The number of hydroxylamine groups is 1. The first-order valence-electron chi connectivity index (χ1n) is 6.10. The molecule has 3 heteroatoms. The highest BCUT2D eigenvalue weighted by Gasteiger charge is 2.23. The zero-order valence-electron chi connectivity index (χ0n) is 10.3. The molecule has 15 heavy (non-hydrogen) atoms. The van der Waals surface area contributed by atoms with Crippen LogP contribution in [0.3, 0.4) is 0 Å². The summed E-state index contributed by atoms with van der Waals surface area (Å²) in [5.74, 6) is 1.66. The Hall–Kier alpha value is -0.120. The van der Waals surface area contributed by atoms with Crippen LogP contribution in [0.5, 0.6) is 0 Å². The molecule has 0 aromatic carbocycles. The van der Waals surface area contributed by atoms with Crippen LogP contribution in [0.2, 0.25) is 0 Å². The Balaban J connectivity index is 2.13. The molecule has 1 fully saturated rings. The Morgan fingerprint density at radius 1 is 1.27 bits per heavy atom. The van der Waals surface area contributed by atoms with Crippen molar-refractivity contribution in [2.45, 2.75) is 45.6 Å². The highest BCUT2D eigenvalue weighted by atomic mass is 16.7. The average molecular weight is 215 g/mol. The first-order valence-corrected chi connectivity index (χ1v) is 6.10. The van der Waals surface area contributed by atoms with Gasteiger partial charge in [-0.3, -0.25) is 4.84 Å². The summed E-state index contributed by atoms with van der Waals surface area (Å²) < 4.78 is 4.93. The molecule has 0 heterocycles. The Bertz CT molecular complexity index is 162.